The van der Waals surface area contributed by atoms with Gasteiger partial charge in [0.25, 0.3) is 10.0 Å². The van der Waals surface area contributed by atoms with Crippen LogP contribution in [0.2, 0.25) is 0 Å². The van der Waals surface area contributed by atoms with Gasteiger partial charge in [-0.1, -0.05) is 20.8 Å². The summed E-state index contributed by atoms with van der Waals surface area (Å²) in [4.78, 5) is 9.30. The lowest BCUT2D eigenvalue weighted by molar-refractivity contribution is 0.268. The van der Waals surface area contributed by atoms with Gasteiger partial charge in [0.15, 0.2) is 5.03 Å². The maximum absolute atomic E-state index is 12.2. The number of likely N-dealkylation sites (tertiary alicyclic amines) is 1. The summed E-state index contributed by atoms with van der Waals surface area (Å²) in [7, 11) is -3.49. The number of imidazole rings is 1. The molecule has 2 rings (SSSR count). The van der Waals surface area contributed by atoms with E-state index in [0.717, 1.165) is 25.9 Å². The third-order valence-electron chi connectivity index (χ3n) is 3.82. The van der Waals surface area contributed by atoms with E-state index in [0.29, 0.717) is 18.4 Å². The highest BCUT2D eigenvalue weighted by Gasteiger charge is 2.25. The Morgan fingerprint density at radius 3 is 2.90 bits per heavy atom. The predicted molar refractivity (Wildman–Crippen MR) is 78.1 cm³/mol. The lowest BCUT2D eigenvalue weighted by Gasteiger charge is -2.22. The third kappa shape index (κ3) is 3.39. The number of rotatable bonds is 6. The Morgan fingerprint density at radius 2 is 2.30 bits per heavy atom. The van der Waals surface area contributed by atoms with Crippen molar-refractivity contribution in [3.8, 4) is 0 Å². The first kappa shape index (κ1) is 15.5. The van der Waals surface area contributed by atoms with Crippen molar-refractivity contribution in [2.45, 2.75) is 50.6 Å². The van der Waals surface area contributed by atoms with Crippen LogP contribution in [0.3, 0.4) is 0 Å². The summed E-state index contributed by atoms with van der Waals surface area (Å²) in [6, 6.07) is 0.308. The van der Waals surface area contributed by atoms with E-state index in [9.17, 15) is 8.42 Å². The molecule has 1 aromatic heterocycles. The van der Waals surface area contributed by atoms with Crippen LogP contribution >= 0.6 is 0 Å². The number of H-pyrrole nitrogens is 1. The summed E-state index contributed by atoms with van der Waals surface area (Å²) in [5.74, 6) is 0.880. The number of nitrogens with one attached hydrogen (secondary N) is 2. The van der Waals surface area contributed by atoms with Crippen molar-refractivity contribution in [1.29, 1.82) is 0 Å². The van der Waals surface area contributed by atoms with Gasteiger partial charge >= 0.3 is 0 Å². The Labute approximate surface area is 121 Å². The topological polar surface area (TPSA) is 78.1 Å². The number of likely N-dealkylation sites (N-methyl/N-ethyl adjacent to an activating group) is 1. The van der Waals surface area contributed by atoms with Crippen LogP contribution in [0.4, 0.5) is 0 Å². The number of sulfonamides is 1. The van der Waals surface area contributed by atoms with Gasteiger partial charge in [-0.25, -0.2) is 18.1 Å². The van der Waals surface area contributed by atoms with Gasteiger partial charge in [-0.3, -0.25) is 4.90 Å². The average molecular weight is 300 g/mol. The van der Waals surface area contributed by atoms with E-state index >= 15 is 0 Å². The van der Waals surface area contributed by atoms with Crippen molar-refractivity contribution in [1.82, 2.24) is 19.6 Å². The number of hydrogen-bond acceptors (Lipinski definition) is 4. The van der Waals surface area contributed by atoms with E-state index in [2.05, 4.69) is 26.5 Å². The van der Waals surface area contributed by atoms with Crippen molar-refractivity contribution in [2.24, 2.45) is 0 Å². The van der Waals surface area contributed by atoms with Gasteiger partial charge in [-0.15, -0.1) is 0 Å². The second-order valence-electron chi connectivity index (χ2n) is 5.56. The molecule has 0 radical (unpaired) electrons. The molecule has 1 fully saturated rings. The Morgan fingerprint density at radius 1 is 1.55 bits per heavy atom. The van der Waals surface area contributed by atoms with Crippen LogP contribution in [0.5, 0.6) is 0 Å². The Hall–Kier alpha value is -0.920. The lowest BCUT2D eigenvalue weighted by Crippen LogP contribution is -2.40. The van der Waals surface area contributed by atoms with E-state index in [1.165, 1.54) is 6.20 Å². The minimum atomic E-state index is -3.49. The van der Waals surface area contributed by atoms with Crippen LogP contribution in [-0.4, -0.2) is 49.0 Å². The summed E-state index contributed by atoms with van der Waals surface area (Å²) >= 11 is 0. The summed E-state index contributed by atoms with van der Waals surface area (Å²) in [6.45, 7) is 8.54. The molecule has 114 valence electrons. The zero-order valence-corrected chi connectivity index (χ0v) is 13.2. The standard InChI is InChI=1S/C13H24N4O2S/c1-4-17-7-5-6-11(17)8-15-20(18,19)12-9-14-13(16-12)10(2)3/h9-11,15H,4-8H2,1-3H3,(H,14,16). The summed E-state index contributed by atoms with van der Waals surface area (Å²) in [5, 5.41) is 0.155. The Kier molecular flexibility index (Phi) is 4.82. The molecule has 2 heterocycles. The highest BCUT2D eigenvalue weighted by Crippen LogP contribution is 2.17. The van der Waals surface area contributed by atoms with Gasteiger partial charge in [0, 0.05) is 18.5 Å². The molecule has 0 spiro atoms. The van der Waals surface area contributed by atoms with Crippen molar-refractivity contribution in [3.63, 3.8) is 0 Å². The van der Waals surface area contributed by atoms with Crippen LogP contribution in [-0.2, 0) is 10.0 Å². The van der Waals surface area contributed by atoms with Gasteiger partial charge in [0.05, 0.1) is 6.20 Å². The molecule has 1 aromatic rings. The van der Waals surface area contributed by atoms with E-state index in [1.54, 1.807) is 0 Å². The van der Waals surface area contributed by atoms with Crippen LogP contribution in [0.15, 0.2) is 11.2 Å². The number of nitrogens with zero attached hydrogens (tertiary/aromatic N) is 2. The number of aromatic amines is 1. The van der Waals surface area contributed by atoms with Crippen LogP contribution in [0.25, 0.3) is 0 Å². The smallest absolute Gasteiger partial charge is 0.257 e. The molecule has 1 unspecified atom stereocenters. The molecule has 0 amide bonds. The first-order valence-electron chi connectivity index (χ1n) is 7.22. The monoisotopic (exact) mass is 300 g/mol. The van der Waals surface area contributed by atoms with Crippen LogP contribution < -0.4 is 4.72 Å². The molecule has 0 aliphatic carbocycles. The summed E-state index contributed by atoms with van der Waals surface area (Å²) in [5.41, 5.74) is 0. The number of aromatic nitrogens is 2. The van der Waals surface area contributed by atoms with Crippen molar-refractivity contribution in [3.05, 3.63) is 12.0 Å². The van der Waals surface area contributed by atoms with E-state index in [1.807, 2.05) is 13.8 Å². The summed E-state index contributed by atoms with van der Waals surface area (Å²) < 4.78 is 27.1. The van der Waals surface area contributed by atoms with E-state index in [4.69, 9.17) is 0 Å². The first-order valence-corrected chi connectivity index (χ1v) is 8.71. The Bertz CT molecular complexity index is 538. The van der Waals surface area contributed by atoms with E-state index < -0.39 is 10.0 Å². The molecule has 1 aliphatic rings. The predicted octanol–water partition coefficient (Wildman–Crippen LogP) is 1.30. The molecule has 7 heteroatoms. The Balaban J connectivity index is 2.00. The SMILES string of the molecule is CCN1CCCC1CNS(=O)(=O)c1cnc(C(C)C)[nH]1. The molecule has 1 atom stereocenters. The van der Waals surface area contributed by atoms with Gasteiger partial charge in [0.2, 0.25) is 0 Å². The molecule has 0 saturated carbocycles. The normalized spacial score (nSPS) is 20.9. The maximum Gasteiger partial charge on any atom is 0.257 e. The first-order chi connectivity index (χ1) is 9.44. The molecule has 1 aliphatic heterocycles. The zero-order valence-electron chi connectivity index (χ0n) is 12.4. The second kappa shape index (κ2) is 6.24. The van der Waals surface area contributed by atoms with Gasteiger partial charge < -0.3 is 4.98 Å². The fraction of sp³-hybridized carbons (Fsp3) is 0.769. The molecular formula is C13H24N4O2S. The van der Waals surface area contributed by atoms with Gasteiger partial charge in [-0.05, 0) is 25.9 Å². The molecule has 0 aromatic carbocycles. The molecule has 0 bridgehead atoms. The largest absolute Gasteiger partial charge is 0.332 e. The highest BCUT2D eigenvalue weighted by atomic mass is 32.2. The minimum absolute atomic E-state index is 0.155. The molecule has 6 nitrogen and oxygen atoms in total. The van der Waals surface area contributed by atoms with Crippen LogP contribution in [0.1, 0.15) is 45.4 Å². The average Bonchev–Trinajstić information content (AvgIpc) is 3.05. The molecule has 1 saturated heterocycles. The third-order valence-corrected chi connectivity index (χ3v) is 5.16. The fourth-order valence-electron chi connectivity index (χ4n) is 2.58. The van der Waals surface area contributed by atoms with Gasteiger partial charge in [-0.2, -0.15) is 0 Å². The maximum atomic E-state index is 12.2. The van der Waals surface area contributed by atoms with Crippen molar-refractivity contribution in [2.75, 3.05) is 19.6 Å². The fourth-order valence-corrected chi connectivity index (χ4v) is 3.57. The highest BCUT2D eigenvalue weighted by molar-refractivity contribution is 7.89. The van der Waals surface area contributed by atoms with Crippen molar-refractivity contribution < 1.29 is 8.42 Å². The van der Waals surface area contributed by atoms with Crippen molar-refractivity contribution >= 4 is 10.0 Å². The van der Waals surface area contributed by atoms with Gasteiger partial charge in [0.1, 0.15) is 5.82 Å². The second-order valence-corrected chi connectivity index (χ2v) is 7.30. The quantitative estimate of drug-likeness (QED) is 0.830. The van der Waals surface area contributed by atoms with E-state index in [-0.39, 0.29) is 10.9 Å². The molecular weight excluding hydrogens is 276 g/mol. The summed E-state index contributed by atoms with van der Waals surface area (Å²) in [6.07, 6.45) is 3.59. The number of hydrogen-bond donors (Lipinski definition) is 2. The van der Waals surface area contributed by atoms with Crippen LogP contribution in [0, 0.1) is 0 Å². The molecule has 2 N–H and O–H groups in total. The minimum Gasteiger partial charge on any atom is -0.332 e. The molecule has 20 heavy (non-hydrogen) atoms. The zero-order chi connectivity index (χ0) is 14.8. The lowest BCUT2D eigenvalue weighted by atomic mass is 10.2.